The molecular weight excluding hydrogens is 390 g/mol. The summed E-state index contributed by atoms with van der Waals surface area (Å²) in [5.74, 6) is -1.96. The van der Waals surface area contributed by atoms with Crippen LogP contribution in [0.3, 0.4) is 0 Å². The average Bonchev–Trinajstić information content (AvgIpc) is 3.12. The minimum Gasteiger partial charge on any atom is -0.464 e. The predicted octanol–water partition coefficient (Wildman–Crippen LogP) is 4.27. The molecule has 1 aromatic carbocycles. The quantitative estimate of drug-likeness (QED) is 0.722. The lowest BCUT2D eigenvalue weighted by molar-refractivity contribution is -0.132. The van der Waals surface area contributed by atoms with Crippen molar-refractivity contribution in [1.82, 2.24) is 0 Å². The fraction of sp³-hybridized carbons (Fsp3) is 0.200. The van der Waals surface area contributed by atoms with E-state index in [0.717, 1.165) is 20.8 Å². The lowest BCUT2D eigenvalue weighted by atomic mass is 10.1. The summed E-state index contributed by atoms with van der Waals surface area (Å²) in [6, 6.07) is 6.66. The number of anilines is 1. The van der Waals surface area contributed by atoms with Crippen molar-refractivity contribution in [2.45, 2.75) is 12.5 Å². The van der Waals surface area contributed by atoms with Gasteiger partial charge in [0, 0.05) is 17.4 Å². The van der Waals surface area contributed by atoms with E-state index in [1.807, 2.05) is 12.1 Å². The lowest BCUT2D eigenvalue weighted by Crippen LogP contribution is -2.19. The van der Waals surface area contributed by atoms with Crippen LogP contribution in [0, 0.1) is 11.6 Å². The molecule has 0 radical (unpaired) electrons. The molecule has 1 aliphatic rings. The van der Waals surface area contributed by atoms with Gasteiger partial charge in [0.2, 0.25) is 0 Å². The molecule has 0 aliphatic carbocycles. The maximum atomic E-state index is 14.1. The highest BCUT2D eigenvalue weighted by Gasteiger charge is 2.35. The minimum absolute atomic E-state index is 0.111. The number of hydrazone groups is 1. The van der Waals surface area contributed by atoms with E-state index in [9.17, 15) is 13.6 Å². The highest BCUT2D eigenvalue weighted by Crippen LogP contribution is 2.40. The zero-order chi connectivity index (χ0) is 16.6. The number of ether oxygens (including phenoxy) is 1. The van der Waals surface area contributed by atoms with E-state index in [2.05, 4.69) is 21.0 Å². The van der Waals surface area contributed by atoms with E-state index < -0.39 is 17.6 Å². The average molecular weight is 401 g/mol. The number of esters is 1. The van der Waals surface area contributed by atoms with Crippen LogP contribution in [0.15, 0.2) is 39.2 Å². The summed E-state index contributed by atoms with van der Waals surface area (Å²) < 4.78 is 32.9. The van der Waals surface area contributed by atoms with Crippen LogP contribution in [0.1, 0.15) is 17.3 Å². The van der Waals surface area contributed by atoms with Crippen molar-refractivity contribution in [2.75, 3.05) is 12.1 Å². The number of thiophene rings is 1. The number of halogens is 3. The van der Waals surface area contributed by atoms with Crippen LogP contribution < -0.4 is 5.01 Å². The third-order valence-electron chi connectivity index (χ3n) is 3.41. The Morgan fingerprint density at radius 3 is 2.78 bits per heavy atom. The highest BCUT2D eigenvalue weighted by molar-refractivity contribution is 9.11. The number of carbonyl (C=O) groups is 1. The second-order valence-corrected chi connectivity index (χ2v) is 7.33. The monoisotopic (exact) mass is 400 g/mol. The van der Waals surface area contributed by atoms with Gasteiger partial charge in [0.05, 0.1) is 22.6 Å². The maximum absolute atomic E-state index is 14.1. The molecule has 3 rings (SSSR count). The van der Waals surface area contributed by atoms with E-state index >= 15 is 0 Å². The van der Waals surface area contributed by atoms with Gasteiger partial charge in [0.15, 0.2) is 5.82 Å². The Bertz CT molecular complexity index is 794. The van der Waals surface area contributed by atoms with Crippen LogP contribution in [-0.2, 0) is 9.53 Å². The Hall–Kier alpha value is -1.80. The number of hydrogen-bond donors (Lipinski definition) is 0. The predicted molar refractivity (Wildman–Crippen MR) is 87.7 cm³/mol. The van der Waals surface area contributed by atoms with E-state index in [-0.39, 0.29) is 23.9 Å². The first-order valence-corrected chi connectivity index (χ1v) is 8.26. The molecule has 23 heavy (non-hydrogen) atoms. The zero-order valence-corrected chi connectivity index (χ0v) is 14.3. The Labute approximate surface area is 143 Å². The lowest BCUT2D eigenvalue weighted by Gasteiger charge is -2.23. The molecule has 4 nitrogen and oxygen atoms in total. The van der Waals surface area contributed by atoms with Crippen molar-refractivity contribution in [3.63, 3.8) is 0 Å². The number of nitrogens with zero attached hydrogens (tertiary/aromatic N) is 2. The zero-order valence-electron chi connectivity index (χ0n) is 11.9. The topological polar surface area (TPSA) is 41.9 Å². The molecule has 1 aromatic heterocycles. The first-order chi connectivity index (χ1) is 11.0. The molecule has 0 amide bonds. The summed E-state index contributed by atoms with van der Waals surface area (Å²) in [4.78, 5) is 12.7. The van der Waals surface area contributed by atoms with Gasteiger partial charge in [-0.2, -0.15) is 5.10 Å². The SMILES string of the molecule is COC(=O)C1=NN(c2ccc(F)cc2F)C(c2ccc(Br)s2)C1. The molecule has 0 spiro atoms. The Morgan fingerprint density at radius 2 is 2.17 bits per heavy atom. The molecule has 2 aromatic rings. The molecule has 1 aliphatic heterocycles. The Kier molecular flexibility index (Phi) is 4.45. The second kappa shape index (κ2) is 6.37. The van der Waals surface area contributed by atoms with Crippen LogP contribution in [-0.4, -0.2) is 18.8 Å². The largest absolute Gasteiger partial charge is 0.464 e. The van der Waals surface area contributed by atoms with Gasteiger partial charge in [-0.15, -0.1) is 11.3 Å². The second-order valence-electron chi connectivity index (χ2n) is 4.84. The molecule has 0 saturated heterocycles. The number of rotatable bonds is 3. The molecule has 1 unspecified atom stereocenters. The van der Waals surface area contributed by atoms with Crippen LogP contribution in [0.25, 0.3) is 0 Å². The fourth-order valence-electron chi connectivity index (χ4n) is 2.37. The third kappa shape index (κ3) is 3.13. The standard InChI is InChI=1S/C15H11BrF2N2O2S/c1-22-15(21)10-7-12(13-4-5-14(16)23-13)20(19-10)11-3-2-8(17)6-9(11)18/h2-6,12H,7H2,1H3. The molecule has 0 N–H and O–H groups in total. The maximum Gasteiger partial charge on any atom is 0.354 e. The van der Waals surface area contributed by atoms with Gasteiger partial charge >= 0.3 is 5.97 Å². The van der Waals surface area contributed by atoms with Gasteiger partial charge in [-0.05, 0) is 40.2 Å². The number of methoxy groups -OCH3 is 1. The van der Waals surface area contributed by atoms with Crippen molar-refractivity contribution in [3.8, 4) is 0 Å². The van der Waals surface area contributed by atoms with Gasteiger partial charge in [0.1, 0.15) is 11.5 Å². The van der Waals surface area contributed by atoms with Gasteiger partial charge in [-0.1, -0.05) is 0 Å². The molecule has 8 heteroatoms. The fourth-order valence-corrected chi connectivity index (χ4v) is 3.88. The molecule has 1 atom stereocenters. The van der Waals surface area contributed by atoms with Gasteiger partial charge in [0.25, 0.3) is 0 Å². The molecule has 0 fully saturated rings. The molecule has 120 valence electrons. The van der Waals surface area contributed by atoms with Gasteiger partial charge in [-0.25, -0.2) is 13.6 Å². The highest BCUT2D eigenvalue weighted by atomic mass is 79.9. The van der Waals surface area contributed by atoms with E-state index in [1.165, 1.54) is 29.5 Å². The molecule has 0 bridgehead atoms. The van der Waals surface area contributed by atoms with Crippen LogP contribution in [0.5, 0.6) is 0 Å². The summed E-state index contributed by atoms with van der Waals surface area (Å²) in [7, 11) is 1.27. The minimum atomic E-state index is -0.736. The van der Waals surface area contributed by atoms with Crippen LogP contribution in [0.4, 0.5) is 14.5 Å². The van der Waals surface area contributed by atoms with E-state index in [0.29, 0.717) is 0 Å². The summed E-state index contributed by atoms with van der Waals surface area (Å²) in [5, 5.41) is 5.59. The first-order valence-electron chi connectivity index (χ1n) is 6.65. The molecule has 0 saturated carbocycles. The summed E-state index contributed by atoms with van der Waals surface area (Å²) in [6.07, 6.45) is 0.288. The third-order valence-corrected chi connectivity index (χ3v) is 5.14. The molecule has 2 heterocycles. The first kappa shape index (κ1) is 16.1. The van der Waals surface area contributed by atoms with Crippen molar-refractivity contribution in [3.05, 3.63) is 50.6 Å². The van der Waals surface area contributed by atoms with Crippen molar-refractivity contribution >= 4 is 44.6 Å². The molecular formula is C15H11BrF2N2O2S. The van der Waals surface area contributed by atoms with Crippen molar-refractivity contribution < 1.29 is 18.3 Å². The number of benzene rings is 1. The summed E-state index contributed by atoms with van der Waals surface area (Å²) >= 11 is 4.85. The van der Waals surface area contributed by atoms with Crippen LogP contribution in [0.2, 0.25) is 0 Å². The Balaban J connectivity index is 2.03. The van der Waals surface area contributed by atoms with Gasteiger partial charge < -0.3 is 4.74 Å². The summed E-state index contributed by atoms with van der Waals surface area (Å²) in [5.41, 5.74) is 0.311. The van der Waals surface area contributed by atoms with Crippen molar-refractivity contribution in [1.29, 1.82) is 0 Å². The Morgan fingerprint density at radius 1 is 1.39 bits per heavy atom. The normalized spacial score (nSPS) is 17.3. The number of hydrogen-bond acceptors (Lipinski definition) is 5. The van der Waals surface area contributed by atoms with E-state index in [4.69, 9.17) is 4.74 Å². The van der Waals surface area contributed by atoms with Crippen LogP contribution >= 0.6 is 27.3 Å². The van der Waals surface area contributed by atoms with E-state index in [1.54, 1.807) is 0 Å². The van der Waals surface area contributed by atoms with Gasteiger partial charge in [-0.3, -0.25) is 5.01 Å². The summed E-state index contributed by atoms with van der Waals surface area (Å²) in [6.45, 7) is 0. The number of carbonyl (C=O) groups excluding carboxylic acids is 1. The van der Waals surface area contributed by atoms with Crippen molar-refractivity contribution in [2.24, 2.45) is 5.10 Å². The smallest absolute Gasteiger partial charge is 0.354 e.